The maximum Gasteiger partial charge on any atom is 0.139 e. The Morgan fingerprint density at radius 2 is 1.97 bits per heavy atom. The van der Waals surface area contributed by atoms with Crippen LogP contribution in [0.4, 0.5) is 0 Å². The van der Waals surface area contributed by atoms with Gasteiger partial charge in [-0.3, -0.25) is 4.79 Å². The summed E-state index contributed by atoms with van der Waals surface area (Å²) in [5, 5.41) is 21.2. The molecular weight excluding hydrogens is 404 g/mol. The first-order valence-corrected chi connectivity index (χ1v) is 12.2. The van der Waals surface area contributed by atoms with Gasteiger partial charge in [-0.05, 0) is 29.9 Å². The fourth-order valence-electron chi connectivity index (χ4n) is 4.56. The van der Waals surface area contributed by atoms with Crippen LogP contribution in [0.25, 0.3) is 0 Å². The maximum absolute atomic E-state index is 12.6. The van der Waals surface area contributed by atoms with Crippen molar-refractivity contribution in [2.45, 2.75) is 77.6 Å². The summed E-state index contributed by atoms with van der Waals surface area (Å²) in [6, 6.07) is 7.96. The third kappa shape index (κ3) is 8.78. The monoisotopic (exact) mass is 446 g/mol. The van der Waals surface area contributed by atoms with Gasteiger partial charge in [-0.2, -0.15) is 0 Å². The van der Waals surface area contributed by atoms with Crippen LogP contribution in [-0.4, -0.2) is 48.5 Å². The van der Waals surface area contributed by atoms with E-state index < -0.39 is 12.2 Å². The number of hydrogen-bond acceptors (Lipinski definition) is 5. The lowest BCUT2D eigenvalue weighted by molar-refractivity contribution is -0.123. The summed E-state index contributed by atoms with van der Waals surface area (Å²) in [6.45, 7) is 6.16. The van der Waals surface area contributed by atoms with E-state index in [0.29, 0.717) is 26.1 Å². The molecule has 5 atom stereocenters. The molecule has 180 valence electrons. The van der Waals surface area contributed by atoms with Crippen LogP contribution in [0.2, 0.25) is 0 Å². The Kier molecular flexibility index (Phi) is 12.2. The molecule has 1 aromatic rings. The molecule has 0 bridgehead atoms. The van der Waals surface area contributed by atoms with Crippen molar-refractivity contribution in [3.63, 3.8) is 0 Å². The number of carbonyl (C=O) groups is 1. The fraction of sp³-hybridized carbons (Fsp3) is 0.667. The second-order valence-electron chi connectivity index (χ2n) is 9.20. The van der Waals surface area contributed by atoms with Gasteiger partial charge in [-0.15, -0.1) is 0 Å². The molecule has 0 aromatic heterocycles. The highest BCUT2D eigenvalue weighted by atomic mass is 16.5. The summed E-state index contributed by atoms with van der Waals surface area (Å²) >= 11 is 0. The lowest BCUT2D eigenvalue weighted by Crippen LogP contribution is -2.29. The predicted octanol–water partition coefficient (Wildman–Crippen LogP) is 4.48. The minimum Gasteiger partial charge on any atom is -0.392 e. The molecule has 1 aromatic carbocycles. The zero-order chi connectivity index (χ0) is 23.3. The van der Waals surface area contributed by atoms with E-state index in [1.54, 1.807) is 13.2 Å². The number of aliphatic hydroxyl groups excluding tert-OH is 2. The van der Waals surface area contributed by atoms with Gasteiger partial charge in [0.25, 0.3) is 0 Å². The van der Waals surface area contributed by atoms with Gasteiger partial charge in [0.05, 0.1) is 18.8 Å². The Morgan fingerprint density at radius 3 is 2.72 bits per heavy atom. The lowest BCUT2D eigenvalue weighted by Gasteiger charge is -2.23. The number of ketones is 1. The Labute approximate surface area is 193 Å². The molecular formula is C27H42O5. The Hall–Kier alpha value is -1.53. The van der Waals surface area contributed by atoms with Gasteiger partial charge in [0.15, 0.2) is 0 Å². The van der Waals surface area contributed by atoms with Gasteiger partial charge in [-0.25, -0.2) is 0 Å². The summed E-state index contributed by atoms with van der Waals surface area (Å²) in [5.74, 6) is -0.389. The number of rotatable bonds is 15. The predicted molar refractivity (Wildman–Crippen MR) is 127 cm³/mol. The molecule has 2 N–H and O–H groups in total. The number of benzene rings is 1. The third-order valence-corrected chi connectivity index (χ3v) is 6.42. The van der Waals surface area contributed by atoms with Crippen molar-refractivity contribution in [3.8, 4) is 0 Å². The first-order chi connectivity index (χ1) is 15.5. The zero-order valence-corrected chi connectivity index (χ0v) is 20.0. The number of ether oxygens (including phenoxy) is 2. The molecule has 5 heteroatoms. The standard InChI is InChI=1S/C27H42O5/c1-4-5-6-7-14-32-15-13-20(2)26-25(29)18-23(27(26)30)11-12-24(28)17-21-9-8-10-22(16-21)19-31-3/h8-12,16,20,23-24,26-28,30H,4-7,13-15,17-19H2,1-3H3/b12-11+/t20?,23-,24+,26?,27-/m0/s1. The van der Waals surface area contributed by atoms with Crippen LogP contribution in [0.5, 0.6) is 0 Å². The van der Waals surface area contributed by atoms with E-state index >= 15 is 0 Å². The molecule has 0 saturated heterocycles. The van der Waals surface area contributed by atoms with E-state index in [2.05, 4.69) is 6.92 Å². The van der Waals surface area contributed by atoms with Gasteiger partial charge in [0.1, 0.15) is 5.78 Å². The molecule has 2 rings (SSSR count). The molecule has 1 saturated carbocycles. The Morgan fingerprint density at radius 1 is 1.19 bits per heavy atom. The van der Waals surface area contributed by atoms with Crippen LogP contribution >= 0.6 is 0 Å². The van der Waals surface area contributed by atoms with Gasteiger partial charge in [-0.1, -0.05) is 69.5 Å². The molecule has 5 nitrogen and oxygen atoms in total. The highest BCUT2D eigenvalue weighted by Crippen LogP contribution is 2.35. The first kappa shape index (κ1) is 26.7. The molecule has 0 heterocycles. The van der Waals surface area contributed by atoms with Gasteiger partial charge in [0.2, 0.25) is 0 Å². The SMILES string of the molecule is CCCCCCOCCC(C)C1C(=O)C[C@H](/C=C/[C@@H](O)Cc2cccc(COC)c2)[C@@H]1O. The van der Waals surface area contributed by atoms with E-state index in [1.165, 1.54) is 19.3 Å². The van der Waals surface area contributed by atoms with Crippen molar-refractivity contribution in [1.82, 2.24) is 0 Å². The fourth-order valence-corrected chi connectivity index (χ4v) is 4.56. The maximum atomic E-state index is 12.6. The highest BCUT2D eigenvalue weighted by Gasteiger charge is 2.42. The van der Waals surface area contributed by atoms with E-state index in [4.69, 9.17) is 9.47 Å². The summed E-state index contributed by atoms with van der Waals surface area (Å²) in [4.78, 5) is 12.6. The van der Waals surface area contributed by atoms with Gasteiger partial charge < -0.3 is 19.7 Å². The second kappa shape index (κ2) is 14.6. The number of aliphatic hydroxyl groups is 2. The number of methoxy groups -OCH3 is 1. The van der Waals surface area contributed by atoms with E-state index in [1.807, 2.05) is 37.3 Å². The van der Waals surface area contributed by atoms with E-state index in [-0.39, 0.29) is 23.5 Å². The minimum absolute atomic E-state index is 0.0833. The van der Waals surface area contributed by atoms with Crippen molar-refractivity contribution in [2.24, 2.45) is 17.8 Å². The molecule has 0 amide bonds. The zero-order valence-electron chi connectivity index (χ0n) is 20.0. The molecule has 0 spiro atoms. The summed E-state index contributed by atoms with van der Waals surface area (Å²) < 4.78 is 10.9. The molecule has 2 unspecified atom stereocenters. The van der Waals surface area contributed by atoms with Gasteiger partial charge >= 0.3 is 0 Å². The molecule has 1 fully saturated rings. The smallest absolute Gasteiger partial charge is 0.139 e. The number of carbonyl (C=O) groups excluding carboxylic acids is 1. The van der Waals surface area contributed by atoms with Crippen LogP contribution in [0.15, 0.2) is 36.4 Å². The molecule has 32 heavy (non-hydrogen) atoms. The molecule has 1 aliphatic carbocycles. The second-order valence-corrected chi connectivity index (χ2v) is 9.20. The number of unbranched alkanes of at least 4 members (excludes halogenated alkanes) is 3. The number of Topliss-reactive ketones (excluding diaryl/α,β-unsaturated/α-hetero) is 1. The Balaban J connectivity index is 1.79. The quantitative estimate of drug-likeness (QED) is 0.307. The molecule has 1 aliphatic rings. The molecule has 0 radical (unpaired) electrons. The lowest BCUT2D eigenvalue weighted by atomic mass is 9.86. The topological polar surface area (TPSA) is 76.0 Å². The van der Waals surface area contributed by atoms with Crippen molar-refractivity contribution in [2.75, 3.05) is 20.3 Å². The van der Waals surface area contributed by atoms with Crippen LogP contribution in [-0.2, 0) is 27.3 Å². The third-order valence-electron chi connectivity index (χ3n) is 6.42. The van der Waals surface area contributed by atoms with Crippen molar-refractivity contribution < 1.29 is 24.5 Å². The summed E-state index contributed by atoms with van der Waals surface area (Å²) in [7, 11) is 1.66. The van der Waals surface area contributed by atoms with Crippen LogP contribution in [0.1, 0.15) is 63.5 Å². The van der Waals surface area contributed by atoms with E-state index in [0.717, 1.165) is 30.6 Å². The van der Waals surface area contributed by atoms with Crippen LogP contribution in [0.3, 0.4) is 0 Å². The first-order valence-electron chi connectivity index (χ1n) is 12.2. The largest absolute Gasteiger partial charge is 0.392 e. The minimum atomic E-state index is -0.699. The normalized spacial score (nSPS) is 23.2. The average molecular weight is 447 g/mol. The summed E-state index contributed by atoms with van der Waals surface area (Å²) in [6.07, 6.45) is 8.52. The average Bonchev–Trinajstić information content (AvgIpc) is 3.05. The number of hydrogen-bond donors (Lipinski definition) is 2. The molecule has 0 aliphatic heterocycles. The van der Waals surface area contributed by atoms with Crippen LogP contribution in [0, 0.1) is 17.8 Å². The van der Waals surface area contributed by atoms with Crippen LogP contribution < -0.4 is 0 Å². The van der Waals surface area contributed by atoms with Gasteiger partial charge in [0, 0.05) is 45.0 Å². The van der Waals surface area contributed by atoms with Crippen molar-refractivity contribution >= 4 is 5.78 Å². The summed E-state index contributed by atoms with van der Waals surface area (Å²) in [5.41, 5.74) is 2.10. The highest BCUT2D eigenvalue weighted by molar-refractivity contribution is 5.85. The van der Waals surface area contributed by atoms with E-state index in [9.17, 15) is 15.0 Å². The van der Waals surface area contributed by atoms with Crippen molar-refractivity contribution in [1.29, 1.82) is 0 Å². The Bertz CT molecular complexity index is 701. The van der Waals surface area contributed by atoms with Crippen molar-refractivity contribution in [3.05, 3.63) is 47.5 Å².